The number of hydrogen-bond donors (Lipinski definition) is 4. The lowest BCUT2D eigenvalue weighted by molar-refractivity contribution is 0.101. The maximum Gasteiger partial charge on any atom is 0.301 e. The van der Waals surface area contributed by atoms with Crippen molar-refractivity contribution < 1.29 is 15.1 Å². The third-order valence-corrected chi connectivity index (χ3v) is 4.20. The highest BCUT2D eigenvalue weighted by Crippen LogP contribution is 2.32. The zero-order valence-corrected chi connectivity index (χ0v) is 14.9. The second-order valence-corrected chi connectivity index (χ2v) is 6.07. The van der Waals surface area contributed by atoms with Crippen LogP contribution in [0.25, 0.3) is 11.0 Å². The van der Waals surface area contributed by atoms with Gasteiger partial charge >= 0.3 is 5.56 Å². The van der Waals surface area contributed by atoms with E-state index in [1.807, 2.05) is 6.07 Å². The monoisotopic (exact) mass is 389 g/mol. The molecule has 0 radical (unpaired) electrons. The lowest BCUT2D eigenvalue weighted by Crippen LogP contribution is -2.29. The first-order valence-electron chi connectivity index (χ1n) is 8.56. The fraction of sp³-hybridized carbons (Fsp3) is 0. The number of para-hydroxylation sites is 2. The smallest absolute Gasteiger partial charge is 0.301 e. The standard InChI is InChI=1S/C20H15N5O4/c26-16-14-17(23-12-7-3-1-4-8-12)21-11-22-18(14)25(29)20(28)15(16)19(27)24-13-9-5-2-6-10-13/h1-11,26,29H,(H,24,27)(H,21,22,23). The number of aromatic nitrogens is 3. The third-order valence-electron chi connectivity index (χ3n) is 4.20. The maximum atomic E-state index is 12.7. The average Bonchev–Trinajstić information content (AvgIpc) is 2.73. The normalized spacial score (nSPS) is 10.6. The van der Waals surface area contributed by atoms with Crippen molar-refractivity contribution in [1.82, 2.24) is 14.7 Å². The highest BCUT2D eigenvalue weighted by Gasteiger charge is 2.25. The van der Waals surface area contributed by atoms with Crippen molar-refractivity contribution in [3.8, 4) is 5.75 Å². The van der Waals surface area contributed by atoms with E-state index in [1.165, 1.54) is 0 Å². The highest BCUT2D eigenvalue weighted by molar-refractivity contribution is 6.10. The quantitative estimate of drug-likeness (QED) is 0.395. The van der Waals surface area contributed by atoms with Crippen LogP contribution in [-0.4, -0.2) is 30.9 Å². The number of nitrogens with zero attached hydrogens (tertiary/aromatic N) is 3. The number of rotatable bonds is 4. The number of hydrogen-bond acceptors (Lipinski definition) is 7. The van der Waals surface area contributed by atoms with E-state index in [-0.39, 0.29) is 21.6 Å². The van der Waals surface area contributed by atoms with Gasteiger partial charge in [-0.15, -0.1) is 4.73 Å². The van der Waals surface area contributed by atoms with Crippen molar-refractivity contribution in [2.75, 3.05) is 10.6 Å². The van der Waals surface area contributed by atoms with Crippen LogP contribution in [0.15, 0.2) is 71.8 Å². The van der Waals surface area contributed by atoms with Crippen LogP contribution in [0.1, 0.15) is 10.4 Å². The first kappa shape index (κ1) is 18.0. The first-order chi connectivity index (χ1) is 14.1. The topological polar surface area (TPSA) is 129 Å². The van der Waals surface area contributed by atoms with E-state index in [4.69, 9.17) is 0 Å². The second-order valence-electron chi connectivity index (χ2n) is 6.07. The van der Waals surface area contributed by atoms with Gasteiger partial charge in [-0.05, 0) is 24.3 Å². The number of pyridine rings is 1. The van der Waals surface area contributed by atoms with Gasteiger partial charge in [0, 0.05) is 11.4 Å². The predicted molar refractivity (Wildman–Crippen MR) is 107 cm³/mol. The molecular formula is C20H15N5O4. The molecule has 9 nitrogen and oxygen atoms in total. The molecule has 0 fully saturated rings. The summed E-state index contributed by atoms with van der Waals surface area (Å²) in [4.78, 5) is 33.1. The lowest BCUT2D eigenvalue weighted by Gasteiger charge is -2.13. The molecule has 0 aliphatic carbocycles. The summed E-state index contributed by atoms with van der Waals surface area (Å²) in [6.07, 6.45) is 1.13. The number of anilines is 3. The van der Waals surface area contributed by atoms with Gasteiger partial charge in [-0.1, -0.05) is 36.4 Å². The van der Waals surface area contributed by atoms with E-state index in [1.54, 1.807) is 54.6 Å². The molecule has 0 aliphatic heterocycles. The molecule has 1 amide bonds. The van der Waals surface area contributed by atoms with Gasteiger partial charge in [0.1, 0.15) is 23.3 Å². The number of carbonyl (C=O) groups excluding carboxylic acids is 1. The molecule has 4 N–H and O–H groups in total. The van der Waals surface area contributed by atoms with Crippen LogP contribution in [0.3, 0.4) is 0 Å². The zero-order chi connectivity index (χ0) is 20.4. The fourth-order valence-corrected chi connectivity index (χ4v) is 2.86. The van der Waals surface area contributed by atoms with Crippen molar-refractivity contribution >= 4 is 34.1 Å². The molecular weight excluding hydrogens is 374 g/mol. The number of amides is 1. The summed E-state index contributed by atoms with van der Waals surface area (Å²) >= 11 is 0. The SMILES string of the molecule is O=C(Nc1ccccc1)c1c(O)c2c(Nc3ccccc3)ncnc2n(O)c1=O. The highest BCUT2D eigenvalue weighted by atomic mass is 16.5. The van der Waals surface area contributed by atoms with Crippen molar-refractivity contribution in [3.63, 3.8) is 0 Å². The van der Waals surface area contributed by atoms with Crippen molar-refractivity contribution in [1.29, 1.82) is 0 Å². The van der Waals surface area contributed by atoms with Gasteiger partial charge < -0.3 is 20.9 Å². The van der Waals surface area contributed by atoms with Gasteiger partial charge in [-0.25, -0.2) is 9.97 Å². The Balaban J connectivity index is 1.86. The summed E-state index contributed by atoms with van der Waals surface area (Å²) in [5.41, 5.74) is -0.898. The summed E-state index contributed by atoms with van der Waals surface area (Å²) in [6, 6.07) is 17.4. The number of carbonyl (C=O) groups is 1. The molecule has 0 saturated carbocycles. The Hall–Kier alpha value is -4.40. The Labute approximate surface area is 163 Å². The predicted octanol–water partition coefficient (Wildman–Crippen LogP) is 2.73. The fourth-order valence-electron chi connectivity index (χ4n) is 2.86. The molecule has 0 unspecified atom stereocenters. The van der Waals surface area contributed by atoms with E-state index in [0.717, 1.165) is 6.33 Å². The molecule has 2 aromatic heterocycles. The minimum atomic E-state index is -1.10. The van der Waals surface area contributed by atoms with Crippen LogP contribution in [0.4, 0.5) is 17.2 Å². The molecule has 0 aliphatic rings. The zero-order valence-electron chi connectivity index (χ0n) is 14.9. The summed E-state index contributed by atoms with van der Waals surface area (Å²) in [7, 11) is 0. The Bertz CT molecular complexity index is 1260. The number of nitrogens with one attached hydrogen (secondary N) is 2. The molecule has 0 bridgehead atoms. The molecule has 9 heteroatoms. The lowest BCUT2D eigenvalue weighted by atomic mass is 10.1. The van der Waals surface area contributed by atoms with Gasteiger partial charge in [-0.2, -0.15) is 0 Å². The van der Waals surface area contributed by atoms with E-state index >= 15 is 0 Å². The molecule has 4 rings (SSSR count). The van der Waals surface area contributed by atoms with Crippen LogP contribution in [0.2, 0.25) is 0 Å². The Morgan fingerprint density at radius 2 is 1.55 bits per heavy atom. The van der Waals surface area contributed by atoms with Gasteiger partial charge in [0.15, 0.2) is 11.2 Å². The van der Waals surface area contributed by atoms with Crippen LogP contribution in [-0.2, 0) is 0 Å². The summed E-state index contributed by atoms with van der Waals surface area (Å²) < 4.78 is 0.215. The summed E-state index contributed by atoms with van der Waals surface area (Å²) in [6.45, 7) is 0. The van der Waals surface area contributed by atoms with Crippen LogP contribution in [0, 0.1) is 0 Å². The molecule has 144 valence electrons. The van der Waals surface area contributed by atoms with Crippen molar-refractivity contribution in [2.24, 2.45) is 0 Å². The second kappa shape index (κ2) is 7.31. The molecule has 0 saturated heterocycles. The Morgan fingerprint density at radius 3 is 2.21 bits per heavy atom. The van der Waals surface area contributed by atoms with Crippen LogP contribution in [0.5, 0.6) is 5.75 Å². The number of aromatic hydroxyl groups is 1. The van der Waals surface area contributed by atoms with Gasteiger partial charge in [-0.3, -0.25) is 9.59 Å². The van der Waals surface area contributed by atoms with Gasteiger partial charge in [0.25, 0.3) is 5.91 Å². The third kappa shape index (κ3) is 3.32. The Morgan fingerprint density at radius 1 is 0.931 bits per heavy atom. The minimum absolute atomic E-state index is 0.0725. The van der Waals surface area contributed by atoms with E-state index in [0.29, 0.717) is 11.4 Å². The van der Waals surface area contributed by atoms with E-state index < -0.39 is 22.8 Å². The largest absolute Gasteiger partial charge is 0.506 e. The van der Waals surface area contributed by atoms with E-state index in [9.17, 15) is 19.9 Å². The summed E-state index contributed by atoms with van der Waals surface area (Å²) in [5.74, 6) is -1.39. The molecule has 0 atom stereocenters. The van der Waals surface area contributed by atoms with Crippen LogP contribution < -0.4 is 16.2 Å². The number of benzene rings is 2. The molecule has 2 heterocycles. The van der Waals surface area contributed by atoms with Crippen molar-refractivity contribution in [3.05, 3.63) is 82.9 Å². The minimum Gasteiger partial charge on any atom is -0.506 e. The summed E-state index contributed by atoms with van der Waals surface area (Å²) in [5, 5.41) is 26.4. The molecule has 2 aromatic carbocycles. The maximum absolute atomic E-state index is 12.7. The average molecular weight is 389 g/mol. The molecule has 4 aromatic rings. The molecule has 29 heavy (non-hydrogen) atoms. The number of fused-ring (bicyclic) bond motifs is 1. The van der Waals surface area contributed by atoms with Gasteiger partial charge in [0.05, 0.1) is 0 Å². The van der Waals surface area contributed by atoms with Gasteiger partial charge in [0.2, 0.25) is 0 Å². The van der Waals surface area contributed by atoms with Crippen LogP contribution >= 0.6 is 0 Å². The molecule has 0 spiro atoms. The van der Waals surface area contributed by atoms with E-state index in [2.05, 4.69) is 20.6 Å². The van der Waals surface area contributed by atoms with Crippen molar-refractivity contribution in [2.45, 2.75) is 0 Å². The Kier molecular flexibility index (Phi) is 4.54. The first-order valence-corrected chi connectivity index (χ1v) is 8.56.